The van der Waals surface area contributed by atoms with Crippen molar-refractivity contribution in [3.63, 3.8) is 0 Å². The number of amides is 2. The predicted octanol–water partition coefficient (Wildman–Crippen LogP) is 4.03. The van der Waals surface area contributed by atoms with Crippen LogP contribution in [0.2, 0.25) is 5.02 Å². The van der Waals surface area contributed by atoms with E-state index in [9.17, 15) is 24.3 Å². The number of hydrogen-bond acceptors (Lipinski definition) is 7. The van der Waals surface area contributed by atoms with E-state index in [-0.39, 0.29) is 26.0 Å². The van der Waals surface area contributed by atoms with Crippen LogP contribution in [0, 0.1) is 5.92 Å². The van der Waals surface area contributed by atoms with Crippen LogP contribution < -0.4 is 16.4 Å². The Hall–Kier alpha value is -2.85. The summed E-state index contributed by atoms with van der Waals surface area (Å²) in [5.41, 5.74) is 5.38. The minimum atomic E-state index is -1.26. The minimum Gasteiger partial charge on any atom is -0.481 e. The largest absolute Gasteiger partial charge is 0.481 e. The summed E-state index contributed by atoms with van der Waals surface area (Å²) in [6.45, 7) is 5.76. The highest BCUT2D eigenvalue weighted by Gasteiger charge is 2.33. The van der Waals surface area contributed by atoms with Crippen molar-refractivity contribution in [2.75, 3.05) is 13.1 Å². The van der Waals surface area contributed by atoms with Gasteiger partial charge in [0.15, 0.2) is 5.78 Å². The molecule has 1 aromatic carbocycles. The molecule has 2 amide bonds. The van der Waals surface area contributed by atoms with Gasteiger partial charge in [0.25, 0.3) is 0 Å². The van der Waals surface area contributed by atoms with Gasteiger partial charge in [0, 0.05) is 17.1 Å². The van der Waals surface area contributed by atoms with Crippen LogP contribution in [-0.2, 0) is 25.7 Å². The van der Waals surface area contributed by atoms with E-state index in [1.54, 1.807) is 45.0 Å². The van der Waals surface area contributed by atoms with Gasteiger partial charge in [-0.25, -0.2) is 9.59 Å². The van der Waals surface area contributed by atoms with E-state index in [0.29, 0.717) is 42.8 Å². The maximum atomic E-state index is 13.0. The lowest BCUT2D eigenvalue weighted by Gasteiger charge is -2.24. The Bertz CT molecular complexity index is 873. The molecule has 0 aromatic heterocycles. The van der Waals surface area contributed by atoms with E-state index < -0.39 is 41.5 Å². The molecule has 0 radical (unpaired) electrons. The standard InChI is InChI=1S/C25H38ClN3O7/c1-25(2,3)36-24(34)29-20(21(30)18(22(31)32)11-6-8-14-27)13-7-9-15-28-23(33)35-16-17-10-4-5-12-19(17)26/h4-5,10,12,18,20H,6-9,11,13-16,27H2,1-3H3,(H,28,33)(H,29,34)(H,31,32)/t18?,20-/m0/s1. The van der Waals surface area contributed by atoms with Gasteiger partial charge in [0.1, 0.15) is 18.1 Å². The number of rotatable bonds is 15. The van der Waals surface area contributed by atoms with Gasteiger partial charge >= 0.3 is 18.2 Å². The van der Waals surface area contributed by atoms with E-state index in [0.717, 1.165) is 0 Å². The summed E-state index contributed by atoms with van der Waals surface area (Å²) in [6, 6.07) is 5.99. The normalized spacial score (nSPS) is 12.8. The third kappa shape index (κ3) is 12.7. The first kappa shape index (κ1) is 31.2. The van der Waals surface area contributed by atoms with Gasteiger partial charge in [0.05, 0.1) is 6.04 Å². The number of unbranched alkanes of at least 4 members (excludes halogenated alkanes) is 2. The summed E-state index contributed by atoms with van der Waals surface area (Å²) in [4.78, 5) is 48.9. The minimum absolute atomic E-state index is 0.0304. The molecular weight excluding hydrogens is 490 g/mol. The summed E-state index contributed by atoms with van der Waals surface area (Å²) in [7, 11) is 0. The Labute approximate surface area is 217 Å². The van der Waals surface area contributed by atoms with E-state index in [1.165, 1.54) is 0 Å². The van der Waals surface area contributed by atoms with E-state index in [4.69, 9.17) is 26.8 Å². The van der Waals surface area contributed by atoms with E-state index >= 15 is 0 Å². The first-order valence-electron chi connectivity index (χ1n) is 12.0. The highest BCUT2D eigenvalue weighted by molar-refractivity contribution is 6.31. The lowest BCUT2D eigenvalue weighted by molar-refractivity contribution is -0.147. The van der Waals surface area contributed by atoms with Crippen LogP contribution in [0.25, 0.3) is 0 Å². The van der Waals surface area contributed by atoms with Crippen molar-refractivity contribution in [1.82, 2.24) is 10.6 Å². The van der Waals surface area contributed by atoms with Crippen LogP contribution in [-0.4, -0.2) is 53.8 Å². The molecule has 0 aliphatic heterocycles. The molecule has 0 heterocycles. The smallest absolute Gasteiger partial charge is 0.408 e. The molecule has 2 atom stereocenters. The average Bonchev–Trinajstić information content (AvgIpc) is 2.78. The van der Waals surface area contributed by atoms with Crippen LogP contribution >= 0.6 is 11.6 Å². The van der Waals surface area contributed by atoms with Crippen molar-refractivity contribution in [1.29, 1.82) is 0 Å². The molecule has 11 heteroatoms. The van der Waals surface area contributed by atoms with Gasteiger partial charge in [-0.2, -0.15) is 0 Å². The highest BCUT2D eigenvalue weighted by atomic mass is 35.5. The maximum absolute atomic E-state index is 13.0. The number of halogens is 1. The third-order valence-corrected chi connectivity index (χ3v) is 5.50. The molecule has 0 fully saturated rings. The molecule has 1 unspecified atom stereocenters. The molecule has 1 rings (SSSR count). The number of Topliss-reactive ketones (excluding diaryl/α,β-unsaturated/α-hetero) is 1. The van der Waals surface area contributed by atoms with Crippen molar-refractivity contribution in [2.24, 2.45) is 11.7 Å². The average molecular weight is 528 g/mol. The molecule has 10 nitrogen and oxygen atoms in total. The second-order valence-corrected chi connectivity index (χ2v) is 9.77. The van der Waals surface area contributed by atoms with Crippen molar-refractivity contribution in [3.05, 3.63) is 34.9 Å². The SMILES string of the molecule is CC(C)(C)OC(=O)N[C@@H](CCCCNC(=O)OCc1ccccc1Cl)C(=O)C(CCCCN)C(=O)O. The van der Waals surface area contributed by atoms with Crippen LogP contribution in [0.15, 0.2) is 24.3 Å². The van der Waals surface area contributed by atoms with Gasteiger partial charge in [-0.3, -0.25) is 9.59 Å². The predicted molar refractivity (Wildman–Crippen MR) is 136 cm³/mol. The Morgan fingerprint density at radius 2 is 1.69 bits per heavy atom. The van der Waals surface area contributed by atoms with Crippen LogP contribution in [0.5, 0.6) is 0 Å². The lowest BCUT2D eigenvalue weighted by atomic mass is 9.90. The number of carbonyl (C=O) groups excluding carboxylic acids is 3. The van der Waals surface area contributed by atoms with Gasteiger partial charge in [-0.05, 0) is 65.5 Å². The van der Waals surface area contributed by atoms with Crippen LogP contribution in [0.1, 0.15) is 64.9 Å². The summed E-state index contributed by atoms with van der Waals surface area (Å²) < 4.78 is 10.4. The van der Waals surface area contributed by atoms with Crippen LogP contribution in [0.4, 0.5) is 9.59 Å². The lowest BCUT2D eigenvalue weighted by Crippen LogP contribution is -2.47. The van der Waals surface area contributed by atoms with Crippen molar-refractivity contribution in [2.45, 2.75) is 77.5 Å². The molecule has 0 saturated carbocycles. The van der Waals surface area contributed by atoms with Gasteiger partial charge in [-0.1, -0.05) is 36.2 Å². The second kappa shape index (κ2) is 16.0. The number of carbonyl (C=O) groups is 4. The van der Waals surface area contributed by atoms with Crippen molar-refractivity contribution >= 4 is 35.5 Å². The van der Waals surface area contributed by atoms with Crippen LogP contribution in [0.3, 0.4) is 0 Å². The number of carboxylic acids is 1. The summed E-state index contributed by atoms with van der Waals surface area (Å²) in [5, 5.41) is 15.2. The van der Waals surface area contributed by atoms with E-state index in [1.807, 2.05) is 0 Å². The number of ether oxygens (including phenoxy) is 2. The topological polar surface area (TPSA) is 157 Å². The highest BCUT2D eigenvalue weighted by Crippen LogP contribution is 2.17. The summed E-state index contributed by atoms with van der Waals surface area (Å²) in [6.07, 6.45) is 0.912. The first-order valence-corrected chi connectivity index (χ1v) is 12.4. The molecule has 0 aliphatic rings. The molecular formula is C25H38ClN3O7. The third-order valence-electron chi connectivity index (χ3n) is 5.13. The number of aliphatic carboxylic acids is 1. The maximum Gasteiger partial charge on any atom is 0.408 e. The molecule has 202 valence electrons. The fraction of sp³-hybridized carbons (Fsp3) is 0.600. The molecule has 1 aromatic rings. The fourth-order valence-electron chi connectivity index (χ4n) is 3.33. The quantitative estimate of drug-likeness (QED) is 0.196. The first-order chi connectivity index (χ1) is 16.9. The molecule has 0 bridgehead atoms. The summed E-state index contributed by atoms with van der Waals surface area (Å²) >= 11 is 6.04. The Morgan fingerprint density at radius 1 is 1.03 bits per heavy atom. The van der Waals surface area contributed by atoms with Crippen molar-refractivity contribution < 1.29 is 33.8 Å². The second-order valence-electron chi connectivity index (χ2n) is 9.37. The van der Waals surface area contributed by atoms with Gasteiger partial charge in [0.2, 0.25) is 0 Å². The number of benzene rings is 1. The molecule has 0 saturated heterocycles. The summed E-state index contributed by atoms with van der Waals surface area (Å²) in [5.74, 6) is -3.08. The van der Waals surface area contributed by atoms with Gasteiger partial charge < -0.3 is 30.9 Å². The Balaban J connectivity index is 2.61. The Kier molecular flexibility index (Phi) is 13.9. The monoisotopic (exact) mass is 527 g/mol. The molecule has 36 heavy (non-hydrogen) atoms. The Morgan fingerprint density at radius 3 is 2.31 bits per heavy atom. The fourth-order valence-corrected chi connectivity index (χ4v) is 3.52. The van der Waals surface area contributed by atoms with E-state index in [2.05, 4.69) is 10.6 Å². The zero-order valence-electron chi connectivity index (χ0n) is 21.2. The molecule has 0 spiro atoms. The zero-order valence-corrected chi connectivity index (χ0v) is 21.9. The number of ketones is 1. The van der Waals surface area contributed by atoms with Crippen molar-refractivity contribution in [3.8, 4) is 0 Å². The number of carboxylic acid groups (broad SMARTS) is 1. The molecule has 0 aliphatic carbocycles. The number of hydrogen-bond donors (Lipinski definition) is 4. The number of nitrogens with two attached hydrogens (primary N) is 1. The van der Waals surface area contributed by atoms with Gasteiger partial charge in [-0.15, -0.1) is 0 Å². The number of alkyl carbamates (subject to hydrolysis) is 2. The zero-order chi connectivity index (χ0) is 27.1. The number of nitrogens with one attached hydrogen (secondary N) is 2. The molecule has 5 N–H and O–H groups in total.